The number of thioether (sulfide) groups is 1. The summed E-state index contributed by atoms with van der Waals surface area (Å²) in [5.74, 6) is 1.16. The molecule has 1 aliphatic rings. The lowest BCUT2D eigenvalue weighted by Gasteiger charge is -2.16. The number of nitrogens with zero attached hydrogens (tertiary/aromatic N) is 3. The normalized spacial score (nSPS) is 14.7. The lowest BCUT2D eigenvalue weighted by molar-refractivity contribution is -0.142. The molecule has 0 N–H and O–H groups in total. The van der Waals surface area contributed by atoms with Crippen LogP contribution < -0.4 is 0 Å². The molecule has 1 atom stereocenters. The van der Waals surface area contributed by atoms with E-state index in [9.17, 15) is 4.79 Å². The molecule has 1 heterocycles. The van der Waals surface area contributed by atoms with Crippen LogP contribution >= 0.6 is 11.8 Å². The van der Waals surface area contributed by atoms with Gasteiger partial charge < -0.3 is 4.74 Å². The number of aromatic nitrogens is 3. The molecule has 0 spiro atoms. The number of para-hydroxylation sites is 1. The molecule has 6 heteroatoms. The van der Waals surface area contributed by atoms with Crippen LogP contribution in [0.15, 0.2) is 65.8 Å². The second-order valence-electron chi connectivity index (χ2n) is 6.45. The van der Waals surface area contributed by atoms with Gasteiger partial charge >= 0.3 is 5.97 Å². The second kappa shape index (κ2) is 7.96. The van der Waals surface area contributed by atoms with Crippen molar-refractivity contribution in [2.75, 3.05) is 6.61 Å². The first-order valence-corrected chi connectivity index (χ1v) is 10.0. The molecule has 5 nitrogen and oxygen atoms in total. The predicted octanol–water partition coefficient (Wildman–Crippen LogP) is 4.54. The summed E-state index contributed by atoms with van der Waals surface area (Å²) in [6.45, 7) is 2.17. The molecule has 0 aliphatic heterocycles. The van der Waals surface area contributed by atoms with E-state index >= 15 is 0 Å². The van der Waals surface area contributed by atoms with E-state index in [1.54, 1.807) is 0 Å². The maximum absolute atomic E-state index is 12.6. The monoisotopic (exact) mass is 379 g/mol. The lowest BCUT2D eigenvalue weighted by atomic mass is 10.1. The van der Waals surface area contributed by atoms with E-state index < -0.39 is 5.25 Å². The van der Waals surface area contributed by atoms with Crippen LogP contribution in [-0.2, 0) is 9.53 Å². The quantitative estimate of drug-likeness (QED) is 0.445. The molecule has 0 amide bonds. The highest BCUT2D eigenvalue weighted by Crippen LogP contribution is 2.43. The van der Waals surface area contributed by atoms with Gasteiger partial charge in [-0.1, -0.05) is 60.3 Å². The number of rotatable bonds is 7. The van der Waals surface area contributed by atoms with Crippen molar-refractivity contribution in [3.8, 4) is 5.69 Å². The lowest BCUT2D eigenvalue weighted by Crippen LogP contribution is -2.14. The fraction of sp³-hybridized carbons (Fsp3) is 0.286. The van der Waals surface area contributed by atoms with Gasteiger partial charge in [0.2, 0.25) is 0 Å². The molecular formula is C21H21N3O2S. The Morgan fingerprint density at radius 3 is 2.41 bits per heavy atom. The SMILES string of the molecule is CCOC(=O)[C@H](Sc1nnc(C2CC2)n1-c1ccccc1)c1ccccc1. The Labute approximate surface area is 162 Å². The summed E-state index contributed by atoms with van der Waals surface area (Å²) in [6, 6.07) is 19.8. The fourth-order valence-corrected chi connectivity index (χ4v) is 4.05. The molecular weight excluding hydrogens is 358 g/mol. The van der Waals surface area contributed by atoms with Crippen molar-refractivity contribution < 1.29 is 9.53 Å². The van der Waals surface area contributed by atoms with Crippen molar-refractivity contribution in [2.24, 2.45) is 0 Å². The van der Waals surface area contributed by atoms with E-state index in [4.69, 9.17) is 4.74 Å². The summed E-state index contributed by atoms with van der Waals surface area (Å²) in [5.41, 5.74) is 1.92. The average Bonchev–Trinajstić information content (AvgIpc) is 3.47. The van der Waals surface area contributed by atoms with Crippen LogP contribution in [0.5, 0.6) is 0 Å². The second-order valence-corrected chi connectivity index (χ2v) is 7.52. The van der Waals surface area contributed by atoms with E-state index in [0.717, 1.165) is 29.9 Å². The molecule has 0 saturated heterocycles. The molecule has 1 aromatic heterocycles. The Hall–Kier alpha value is -2.60. The van der Waals surface area contributed by atoms with Gasteiger partial charge in [-0.2, -0.15) is 0 Å². The van der Waals surface area contributed by atoms with Gasteiger partial charge in [0, 0.05) is 11.6 Å². The van der Waals surface area contributed by atoms with Gasteiger partial charge in [0.1, 0.15) is 11.1 Å². The van der Waals surface area contributed by atoms with E-state index in [1.165, 1.54) is 11.8 Å². The van der Waals surface area contributed by atoms with Crippen LogP contribution in [0.2, 0.25) is 0 Å². The Bertz CT molecular complexity index is 908. The number of hydrogen-bond acceptors (Lipinski definition) is 5. The van der Waals surface area contributed by atoms with Crippen LogP contribution in [0.25, 0.3) is 5.69 Å². The van der Waals surface area contributed by atoms with Gasteiger partial charge in [-0.15, -0.1) is 10.2 Å². The van der Waals surface area contributed by atoms with Crippen molar-refractivity contribution in [3.05, 3.63) is 72.1 Å². The van der Waals surface area contributed by atoms with Crippen LogP contribution in [0.4, 0.5) is 0 Å². The maximum Gasteiger partial charge on any atom is 0.324 e. The van der Waals surface area contributed by atoms with Crippen molar-refractivity contribution in [3.63, 3.8) is 0 Å². The first kappa shape index (κ1) is 17.8. The van der Waals surface area contributed by atoms with Crippen LogP contribution in [0.3, 0.4) is 0 Å². The van der Waals surface area contributed by atoms with E-state index in [0.29, 0.717) is 17.7 Å². The molecule has 4 rings (SSSR count). The first-order valence-electron chi connectivity index (χ1n) is 9.17. The van der Waals surface area contributed by atoms with Crippen molar-refractivity contribution >= 4 is 17.7 Å². The molecule has 1 fully saturated rings. The molecule has 3 aromatic rings. The highest BCUT2D eigenvalue weighted by Gasteiger charge is 2.33. The smallest absolute Gasteiger partial charge is 0.324 e. The predicted molar refractivity (Wildman–Crippen MR) is 105 cm³/mol. The van der Waals surface area contributed by atoms with Crippen molar-refractivity contribution in [2.45, 2.75) is 36.1 Å². The summed E-state index contributed by atoms with van der Waals surface area (Å²) >= 11 is 1.39. The molecule has 1 saturated carbocycles. The summed E-state index contributed by atoms with van der Waals surface area (Å²) in [6.07, 6.45) is 2.27. The molecule has 138 valence electrons. The minimum atomic E-state index is -0.482. The summed E-state index contributed by atoms with van der Waals surface area (Å²) < 4.78 is 7.41. The average molecular weight is 379 g/mol. The number of benzene rings is 2. The van der Waals surface area contributed by atoms with Gasteiger partial charge in [0.15, 0.2) is 5.16 Å². The highest BCUT2D eigenvalue weighted by molar-refractivity contribution is 8.00. The topological polar surface area (TPSA) is 57.0 Å². The molecule has 2 aromatic carbocycles. The van der Waals surface area contributed by atoms with Crippen LogP contribution in [0, 0.1) is 0 Å². The zero-order chi connectivity index (χ0) is 18.6. The Morgan fingerprint density at radius 1 is 1.11 bits per heavy atom. The number of carbonyl (C=O) groups is 1. The van der Waals surface area contributed by atoms with Gasteiger partial charge in [0.05, 0.1) is 6.61 Å². The number of esters is 1. The van der Waals surface area contributed by atoms with Gasteiger partial charge in [-0.25, -0.2) is 0 Å². The van der Waals surface area contributed by atoms with Crippen molar-refractivity contribution in [1.82, 2.24) is 14.8 Å². The Morgan fingerprint density at radius 2 is 1.78 bits per heavy atom. The largest absolute Gasteiger partial charge is 0.465 e. The molecule has 0 unspecified atom stereocenters. The maximum atomic E-state index is 12.6. The van der Waals surface area contributed by atoms with Gasteiger partial charge in [-0.3, -0.25) is 9.36 Å². The number of ether oxygens (including phenoxy) is 1. The third-order valence-corrected chi connectivity index (χ3v) is 5.62. The van der Waals surface area contributed by atoms with Crippen LogP contribution in [-0.4, -0.2) is 27.3 Å². The summed E-state index contributed by atoms with van der Waals surface area (Å²) in [7, 11) is 0. The van der Waals surface area contributed by atoms with Gasteiger partial charge in [-0.05, 0) is 37.5 Å². The van der Waals surface area contributed by atoms with Crippen molar-refractivity contribution in [1.29, 1.82) is 0 Å². The summed E-state index contributed by atoms with van der Waals surface area (Å²) in [5, 5.41) is 9.11. The summed E-state index contributed by atoms with van der Waals surface area (Å²) in [4.78, 5) is 12.6. The molecule has 0 radical (unpaired) electrons. The molecule has 27 heavy (non-hydrogen) atoms. The zero-order valence-electron chi connectivity index (χ0n) is 15.1. The number of carbonyl (C=O) groups excluding carboxylic acids is 1. The van der Waals surface area contributed by atoms with E-state index in [1.807, 2.05) is 67.6 Å². The molecule has 1 aliphatic carbocycles. The fourth-order valence-electron chi connectivity index (χ4n) is 2.99. The number of hydrogen-bond donors (Lipinski definition) is 0. The Kier molecular flexibility index (Phi) is 5.25. The first-order chi connectivity index (χ1) is 13.3. The third kappa shape index (κ3) is 3.90. The Balaban J connectivity index is 1.72. The third-order valence-electron chi connectivity index (χ3n) is 4.44. The highest BCUT2D eigenvalue weighted by atomic mass is 32.2. The standard InChI is InChI=1S/C21H21N3O2S/c1-2-26-20(25)18(15-9-5-3-6-10-15)27-21-23-22-19(16-13-14-16)24(21)17-11-7-4-8-12-17/h3-12,16,18H,2,13-14H2,1H3/t18-/m1/s1. The minimum Gasteiger partial charge on any atom is -0.465 e. The van der Waals surface area contributed by atoms with Gasteiger partial charge in [0.25, 0.3) is 0 Å². The zero-order valence-corrected chi connectivity index (χ0v) is 15.9. The van der Waals surface area contributed by atoms with E-state index in [-0.39, 0.29) is 5.97 Å². The minimum absolute atomic E-state index is 0.260. The van der Waals surface area contributed by atoms with E-state index in [2.05, 4.69) is 14.8 Å². The van der Waals surface area contributed by atoms with Crippen LogP contribution in [0.1, 0.15) is 42.3 Å². The molecule has 0 bridgehead atoms.